The summed E-state index contributed by atoms with van der Waals surface area (Å²) < 4.78 is 6.00. The molecule has 0 unspecified atom stereocenters. The molecule has 168 valence electrons. The number of nitrogens with zero attached hydrogens (tertiary/aromatic N) is 2. The highest BCUT2D eigenvalue weighted by Crippen LogP contribution is 2.53. The maximum Gasteiger partial charge on any atom is 0.332 e. The lowest BCUT2D eigenvalue weighted by Crippen LogP contribution is -2.48. The van der Waals surface area contributed by atoms with Crippen LogP contribution in [0.15, 0.2) is 47.6 Å². The molecule has 3 aliphatic heterocycles. The summed E-state index contributed by atoms with van der Waals surface area (Å²) in [4.78, 5) is 17.4. The third kappa shape index (κ3) is 3.83. The highest BCUT2D eigenvalue weighted by Gasteiger charge is 2.61. The summed E-state index contributed by atoms with van der Waals surface area (Å²) in [5.41, 5.74) is 3.89. The van der Waals surface area contributed by atoms with Crippen molar-refractivity contribution < 1.29 is 9.53 Å². The molecule has 3 heterocycles. The zero-order valence-electron chi connectivity index (χ0n) is 19.4. The van der Waals surface area contributed by atoms with Gasteiger partial charge in [-0.1, -0.05) is 50.3 Å². The maximum atomic E-state index is 12.3. The summed E-state index contributed by atoms with van der Waals surface area (Å²) in [6.45, 7) is 8.84. The van der Waals surface area contributed by atoms with Crippen LogP contribution < -0.4 is 0 Å². The van der Waals surface area contributed by atoms with E-state index < -0.39 is 5.60 Å². The molecule has 0 amide bonds. The Balaban J connectivity index is 1.36. The smallest absolute Gasteiger partial charge is 0.332 e. The van der Waals surface area contributed by atoms with Crippen molar-refractivity contribution in [3.63, 3.8) is 0 Å². The molecule has 0 radical (unpaired) electrons. The van der Waals surface area contributed by atoms with E-state index in [1.54, 1.807) is 6.08 Å². The van der Waals surface area contributed by atoms with Crippen LogP contribution in [0.25, 0.3) is 0 Å². The van der Waals surface area contributed by atoms with E-state index >= 15 is 0 Å². The van der Waals surface area contributed by atoms with Crippen molar-refractivity contribution >= 4 is 5.97 Å². The second-order valence-electron chi connectivity index (χ2n) is 9.69. The van der Waals surface area contributed by atoms with Gasteiger partial charge in [0.1, 0.15) is 0 Å². The normalized spacial score (nSPS) is 28.4. The number of esters is 1. The van der Waals surface area contributed by atoms with Gasteiger partial charge in [-0.05, 0) is 63.0 Å². The number of carbonyl (C=O) groups excluding carboxylic acids is 1. The standard InChI is InChI=1S/C28H34N2O2/c1-3-14-29(15-4-2)20-22-10-8-21(9-11-22)12-13-23-17-24-19-28(25(23)18-27(31)32-28)26-7-5-6-16-30(24)26/h8-11,17-18,24,26H,3-7,14-16,19-20H2,1-2H3/t24-,26-,28+/m1/s1. The van der Waals surface area contributed by atoms with Crippen LogP contribution in [0.4, 0.5) is 0 Å². The van der Waals surface area contributed by atoms with Crippen LogP contribution in [0.5, 0.6) is 0 Å². The molecular formula is C28H34N2O2. The van der Waals surface area contributed by atoms with Crippen LogP contribution in [0.2, 0.25) is 0 Å². The first kappa shape index (κ1) is 21.5. The average Bonchev–Trinajstić information content (AvgIpc) is 3.28. The van der Waals surface area contributed by atoms with Gasteiger partial charge in [-0.15, -0.1) is 0 Å². The fourth-order valence-corrected chi connectivity index (χ4v) is 6.16. The molecule has 4 heteroatoms. The van der Waals surface area contributed by atoms with Gasteiger partial charge in [-0.2, -0.15) is 0 Å². The zero-order chi connectivity index (χ0) is 22.1. The van der Waals surface area contributed by atoms with Crippen LogP contribution in [0.1, 0.15) is 63.5 Å². The van der Waals surface area contributed by atoms with Crippen LogP contribution in [0, 0.1) is 11.8 Å². The molecular weight excluding hydrogens is 396 g/mol. The Morgan fingerprint density at radius 2 is 1.91 bits per heavy atom. The van der Waals surface area contributed by atoms with E-state index in [9.17, 15) is 4.79 Å². The van der Waals surface area contributed by atoms with E-state index in [0.717, 1.165) is 55.7 Å². The van der Waals surface area contributed by atoms with Gasteiger partial charge >= 0.3 is 5.97 Å². The number of ether oxygens (including phenoxy) is 1. The first-order valence-electron chi connectivity index (χ1n) is 12.4. The van der Waals surface area contributed by atoms with E-state index in [1.807, 2.05) is 0 Å². The van der Waals surface area contributed by atoms with Gasteiger partial charge in [0.25, 0.3) is 0 Å². The highest BCUT2D eigenvalue weighted by molar-refractivity contribution is 5.90. The topological polar surface area (TPSA) is 32.8 Å². The molecule has 0 saturated carbocycles. The summed E-state index contributed by atoms with van der Waals surface area (Å²) in [7, 11) is 0. The van der Waals surface area contributed by atoms with Crippen LogP contribution in [-0.2, 0) is 16.1 Å². The van der Waals surface area contributed by atoms with Gasteiger partial charge in [0.15, 0.2) is 5.60 Å². The third-order valence-corrected chi connectivity index (χ3v) is 7.45. The van der Waals surface area contributed by atoms with E-state index in [1.165, 1.54) is 31.2 Å². The minimum absolute atomic E-state index is 0.200. The largest absolute Gasteiger partial charge is 0.449 e. The van der Waals surface area contributed by atoms with E-state index in [0.29, 0.717) is 12.1 Å². The Morgan fingerprint density at radius 1 is 1.12 bits per heavy atom. The van der Waals surface area contributed by atoms with Crippen LogP contribution >= 0.6 is 0 Å². The summed E-state index contributed by atoms with van der Waals surface area (Å²) in [6.07, 6.45) is 10.8. The molecule has 2 bridgehead atoms. The fourth-order valence-electron chi connectivity index (χ4n) is 6.16. The van der Waals surface area contributed by atoms with Crippen molar-refractivity contribution in [2.75, 3.05) is 19.6 Å². The van der Waals surface area contributed by atoms with E-state index in [-0.39, 0.29) is 5.97 Å². The third-order valence-electron chi connectivity index (χ3n) is 7.45. The zero-order valence-corrected chi connectivity index (χ0v) is 19.4. The molecule has 2 fully saturated rings. The fraction of sp³-hybridized carbons (Fsp3) is 0.536. The Bertz CT molecular complexity index is 990. The summed E-state index contributed by atoms with van der Waals surface area (Å²) >= 11 is 0. The molecule has 0 N–H and O–H groups in total. The number of benzene rings is 1. The SMILES string of the molecule is CCCN(CCC)Cc1ccc(C#CC2=C[C@@H]3C[C@@]4(OC(=O)C=C24)[C@H]2CCCCN32)cc1. The number of hydrogen-bond acceptors (Lipinski definition) is 4. The van der Waals surface area contributed by atoms with Crippen molar-refractivity contribution in [1.29, 1.82) is 0 Å². The van der Waals surface area contributed by atoms with Gasteiger partial charge in [-0.25, -0.2) is 4.79 Å². The molecule has 0 aromatic heterocycles. The molecule has 1 aromatic carbocycles. The van der Waals surface area contributed by atoms with Crippen LogP contribution in [0.3, 0.4) is 0 Å². The minimum atomic E-state index is -0.465. The lowest BCUT2D eigenvalue weighted by atomic mass is 9.77. The number of fused-ring (bicyclic) bond motifs is 3. The minimum Gasteiger partial charge on any atom is -0.449 e. The summed E-state index contributed by atoms with van der Waals surface area (Å²) in [5.74, 6) is 6.57. The van der Waals surface area contributed by atoms with Gasteiger partial charge in [-0.3, -0.25) is 9.80 Å². The van der Waals surface area contributed by atoms with Crippen molar-refractivity contribution in [2.24, 2.45) is 0 Å². The summed E-state index contributed by atoms with van der Waals surface area (Å²) in [5, 5.41) is 0. The number of piperidine rings is 1. The lowest BCUT2D eigenvalue weighted by molar-refractivity contribution is -0.148. The van der Waals surface area contributed by atoms with E-state index in [4.69, 9.17) is 4.74 Å². The molecule has 3 atom stereocenters. The Hall–Kier alpha value is -2.35. The highest BCUT2D eigenvalue weighted by atomic mass is 16.6. The van der Waals surface area contributed by atoms with Gasteiger partial charge in [0.05, 0.1) is 6.04 Å². The monoisotopic (exact) mass is 430 g/mol. The quantitative estimate of drug-likeness (QED) is 0.493. The molecule has 2 saturated heterocycles. The van der Waals surface area contributed by atoms with Gasteiger partial charge in [0.2, 0.25) is 0 Å². The van der Waals surface area contributed by atoms with Crippen molar-refractivity contribution in [1.82, 2.24) is 9.80 Å². The second-order valence-corrected chi connectivity index (χ2v) is 9.69. The Morgan fingerprint density at radius 3 is 2.66 bits per heavy atom. The van der Waals surface area contributed by atoms with Gasteiger partial charge in [0, 0.05) is 41.8 Å². The average molecular weight is 431 g/mol. The molecule has 1 spiro atoms. The van der Waals surface area contributed by atoms with Crippen molar-refractivity contribution in [2.45, 2.75) is 76.6 Å². The molecule has 1 aliphatic carbocycles. The Kier molecular flexibility index (Phi) is 5.97. The maximum absolute atomic E-state index is 12.3. The molecule has 4 nitrogen and oxygen atoms in total. The summed E-state index contributed by atoms with van der Waals surface area (Å²) in [6, 6.07) is 9.29. The number of carbonyl (C=O) groups is 1. The number of hydrogen-bond donors (Lipinski definition) is 0. The van der Waals surface area contributed by atoms with E-state index in [2.05, 4.69) is 65.8 Å². The Labute approximate surface area is 192 Å². The van der Waals surface area contributed by atoms with Gasteiger partial charge < -0.3 is 4.74 Å². The predicted molar refractivity (Wildman–Crippen MR) is 127 cm³/mol. The lowest BCUT2D eigenvalue weighted by Gasteiger charge is -2.38. The number of rotatable bonds is 6. The first-order valence-corrected chi connectivity index (χ1v) is 12.4. The van der Waals surface area contributed by atoms with Crippen LogP contribution in [-0.4, -0.2) is 53.1 Å². The second kappa shape index (κ2) is 8.89. The predicted octanol–water partition coefficient (Wildman–Crippen LogP) is 4.45. The van der Waals surface area contributed by atoms with Crippen molar-refractivity contribution in [3.8, 4) is 11.8 Å². The van der Waals surface area contributed by atoms with Crippen molar-refractivity contribution in [3.05, 3.63) is 58.7 Å². The molecule has 4 aliphatic rings. The molecule has 1 aromatic rings. The molecule has 5 rings (SSSR count). The molecule has 32 heavy (non-hydrogen) atoms. The first-order chi connectivity index (χ1) is 15.6.